The number of piperidine rings is 1. The van der Waals surface area contributed by atoms with Gasteiger partial charge in [0, 0.05) is 13.1 Å². The standard InChI is InChI=1S/C20H20FN5OS/c21-16-10-7-11-17(14-16)26-20(22-23-24-26)28-18(15-8-3-1-4-9-15)19(27)25-12-5-2-6-13-25/h1,3-4,7-11,14,18H,2,5-6,12-13H2. The zero-order valence-corrected chi connectivity index (χ0v) is 16.1. The number of benzene rings is 2. The summed E-state index contributed by atoms with van der Waals surface area (Å²) in [4.78, 5) is 15.2. The number of likely N-dealkylation sites (tertiary alicyclic amines) is 1. The van der Waals surface area contributed by atoms with Crippen LogP contribution >= 0.6 is 11.8 Å². The molecule has 0 saturated carbocycles. The fraction of sp³-hybridized carbons (Fsp3) is 0.300. The van der Waals surface area contributed by atoms with Gasteiger partial charge in [-0.05, 0) is 53.5 Å². The highest BCUT2D eigenvalue weighted by molar-refractivity contribution is 8.00. The number of aromatic nitrogens is 4. The van der Waals surface area contributed by atoms with Crippen molar-refractivity contribution < 1.29 is 9.18 Å². The summed E-state index contributed by atoms with van der Waals surface area (Å²) in [7, 11) is 0. The topological polar surface area (TPSA) is 63.9 Å². The van der Waals surface area contributed by atoms with Crippen molar-refractivity contribution in [3.8, 4) is 5.69 Å². The van der Waals surface area contributed by atoms with E-state index in [1.54, 1.807) is 12.1 Å². The quantitative estimate of drug-likeness (QED) is 0.615. The summed E-state index contributed by atoms with van der Waals surface area (Å²) in [5.41, 5.74) is 1.42. The van der Waals surface area contributed by atoms with Crippen molar-refractivity contribution in [2.75, 3.05) is 13.1 Å². The van der Waals surface area contributed by atoms with Crippen LogP contribution in [0.25, 0.3) is 5.69 Å². The first-order valence-corrected chi connectivity index (χ1v) is 10.1. The summed E-state index contributed by atoms with van der Waals surface area (Å²) < 4.78 is 15.1. The molecular weight excluding hydrogens is 377 g/mol. The maximum atomic E-state index is 13.6. The predicted molar refractivity (Wildman–Crippen MR) is 105 cm³/mol. The highest BCUT2D eigenvalue weighted by Gasteiger charge is 2.30. The van der Waals surface area contributed by atoms with E-state index >= 15 is 0 Å². The van der Waals surface area contributed by atoms with Gasteiger partial charge in [0.15, 0.2) is 0 Å². The molecule has 6 nitrogen and oxygen atoms in total. The largest absolute Gasteiger partial charge is 0.341 e. The number of halogens is 1. The summed E-state index contributed by atoms with van der Waals surface area (Å²) in [5, 5.41) is 11.8. The monoisotopic (exact) mass is 397 g/mol. The molecule has 1 amide bonds. The Balaban J connectivity index is 1.65. The molecule has 2 heterocycles. The summed E-state index contributed by atoms with van der Waals surface area (Å²) in [6.45, 7) is 1.55. The molecule has 2 aromatic carbocycles. The van der Waals surface area contributed by atoms with Crippen molar-refractivity contribution in [3.05, 3.63) is 66.0 Å². The Morgan fingerprint density at radius 3 is 2.57 bits per heavy atom. The van der Waals surface area contributed by atoms with Gasteiger partial charge in [0.1, 0.15) is 11.1 Å². The number of hydrogen-bond donors (Lipinski definition) is 0. The molecule has 0 aliphatic carbocycles. The number of hydrogen-bond acceptors (Lipinski definition) is 5. The van der Waals surface area contributed by atoms with Crippen molar-refractivity contribution in [1.29, 1.82) is 0 Å². The molecule has 0 radical (unpaired) electrons. The van der Waals surface area contributed by atoms with Crippen LogP contribution in [0, 0.1) is 5.82 Å². The Morgan fingerprint density at radius 1 is 1.04 bits per heavy atom. The van der Waals surface area contributed by atoms with Gasteiger partial charge in [0.25, 0.3) is 0 Å². The second-order valence-corrected chi connectivity index (χ2v) is 7.72. The van der Waals surface area contributed by atoms with Gasteiger partial charge >= 0.3 is 0 Å². The number of carbonyl (C=O) groups is 1. The number of carbonyl (C=O) groups excluding carboxylic acids is 1. The first-order chi connectivity index (χ1) is 13.7. The van der Waals surface area contributed by atoms with Crippen molar-refractivity contribution in [3.63, 3.8) is 0 Å². The first-order valence-electron chi connectivity index (χ1n) is 9.27. The van der Waals surface area contributed by atoms with E-state index in [9.17, 15) is 9.18 Å². The molecule has 1 aliphatic rings. The molecule has 1 aromatic heterocycles. The normalized spacial score (nSPS) is 15.4. The zero-order chi connectivity index (χ0) is 19.3. The molecule has 8 heteroatoms. The molecule has 28 heavy (non-hydrogen) atoms. The maximum Gasteiger partial charge on any atom is 0.240 e. The van der Waals surface area contributed by atoms with Crippen LogP contribution in [0.3, 0.4) is 0 Å². The van der Waals surface area contributed by atoms with Gasteiger partial charge in [-0.1, -0.05) is 48.2 Å². The predicted octanol–water partition coefficient (Wildman–Crippen LogP) is 3.65. The molecule has 1 atom stereocenters. The molecule has 144 valence electrons. The van der Waals surface area contributed by atoms with Crippen molar-refractivity contribution in [1.82, 2.24) is 25.1 Å². The number of amides is 1. The Kier molecular flexibility index (Phi) is 5.66. The van der Waals surface area contributed by atoms with Crippen molar-refractivity contribution >= 4 is 17.7 Å². The molecule has 1 unspecified atom stereocenters. The second kappa shape index (κ2) is 8.52. The minimum atomic E-state index is -0.461. The van der Waals surface area contributed by atoms with Gasteiger partial charge in [-0.25, -0.2) is 4.39 Å². The van der Waals surface area contributed by atoms with E-state index in [-0.39, 0.29) is 11.7 Å². The third-order valence-corrected chi connectivity index (χ3v) is 5.89. The van der Waals surface area contributed by atoms with E-state index in [1.165, 1.54) is 28.6 Å². The van der Waals surface area contributed by atoms with Gasteiger partial charge in [0.2, 0.25) is 11.1 Å². The lowest BCUT2D eigenvalue weighted by Gasteiger charge is -2.30. The number of tetrazole rings is 1. The van der Waals surface area contributed by atoms with Gasteiger partial charge in [-0.15, -0.1) is 5.10 Å². The van der Waals surface area contributed by atoms with Crippen LogP contribution in [0.1, 0.15) is 30.1 Å². The van der Waals surface area contributed by atoms with Crippen LogP contribution in [-0.4, -0.2) is 44.1 Å². The maximum absolute atomic E-state index is 13.6. The minimum Gasteiger partial charge on any atom is -0.341 e. The summed E-state index contributed by atoms with van der Waals surface area (Å²) in [6, 6.07) is 15.7. The average molecular weight is 397 g/mol. The van der Waals surface area contributed by atoms with Gasteiger partial charge in [-0.2, -0.15) is 4.68 Å². The van der Waals surface area contributed by atoms with Crippen molar-refractivity contribution in [2.45, 2.75) is 29.7 Å². The second-order valence-electron chi connectivity index (χ2n) is 6.65. The molecule has 0 spiro atoms. The number of rotatable bonds is 5. The van der Waals surface area contributed by atoms with Gasteiger partial charge in [-0.3, -0.25) is 4.79 Å². The fourth-order valence-corrected chi connectivity index (χ4v) is 4.38. The molecular formula is C20H20FN5OS. The highest BCUT2D eigenvalue weighted by Crippen LogP contribution is 2.36. The van der Waals surface area contributed by atoms with E-state index in [0.717, 1.165) is 37.9 Å². The van der Waals surface area contributed by atoms with Crippen molar-refractivity contribution in [2.24, 2.45) is 0 Å². The number of nitrogens with zero attached hydrogens (tertiary/aromatic N) is 5. The van der Waals surface area contributed by atoms with Crippen LogP contribution < -0.4 is 0 Å². The van der Waals surface area contributed by atoms with Crippen LogP contribution in [0.15, 0.2) is 59.8 Å². The summed E-state index contributed by atoms with van der Waals surface area (Å²) in [5.74, 6) is -0.308. The third-order valence-electron chi connectivity index (χ3n) is 4.71. The molecule has 3 aromatic rings. The molecule has 0 N–H and O–H groups in total. The van der Waals surface area contributed by atoms with Crippen LogP contribution in [0.4, 0.5) is 4.39 Å². The van der Waals surface area contributed by atoms with E-state index < -0.39 is 5.25 Å². The Hall–Kier alpha value is -2.74. The molecule has 1 aliphatic heterocycles. The first kappa shape index (κ1) is 18.6. The minimum absolute atomic E-state index is 0.0599. The van der Waals surface area contributed by atoms with E-state index in [2.05, 4.69) is 15.5 Å². The zero-order valence-electron chi connectivity index (χ0n) is 15.2. The molecule has 1 fully saturated rings. The summed E-state index contributed by atoms with van der Waals surface area (Å²) in [6.07, 6.45) is 3.21. The Bertz CT molecular complexity index is 943. The van der Waals surface area contributed by atoms with E-state index in [4.69, 9.17) is 0 Å². The van der Waals surface area contributed by atoms with Crippen LogP contribution in [0.2, 0.25) is 0 Å². The molecule has 4 rings (SSSR count). The van der Waals surface area contributed by atoms with Crippen LogP contribution in [0.5, 0.6) is 0 Å². The fourth-order valence-electron chi connectivity index (χ4n) is 3.30. The third kappa shape index (κ3) is 4.06. The summed E-state index contributed by atoms with van der Waals surface area (Å²) >= 11 is 1.29. The molecule has 1 saturated heterocycles. The van der Waals surface area contributed by atoms with Gasteiger partial charge < -0.3 is 4.90 Å². The average Bonchev–Trinajstić information content (AvgIpc) is 3.21. The lowest BCUT2D eigenvalue weighted by molar-refractivity contribution is -0.131. The smallest absolute Gasteiger partial charge is 0.240 e. The SMILES string of the molecule is O=C(C(Sc1nnnn1-c1cccc(F)c1)c1ccccc1)N1CCCCC1. The van der Waals surface area contributed by atoms with Gasteiger partial charge in [0.05, 0.1) is 5.69 Å². The number of thioether (sulfide) groups is 1. The lowest BCUT2D eigenvalue weighted by Crippen LogP contribution is -2.38. The van der Waals surface area contributed by atoms with E-state index in [1.807, 2.05) is 35.2 Å². The van der Waals surface area contributed by atoms with Crippen LogP contribution in [-0.2, 0) is 4.79 Å². The Labute approximate surface area is 166 Å². The lowest BCUT2D eigenvalue weighted by atomic mass is 10.1. The van der Waals surface area contributed by atoms with E-state index in [0.29, 0.717) is 10.8 Å². The Morgan fingerprint density at radius 2 is 1.82 bits per heavy atom. The molecule has 0 bridgehead atoms. The highest BCUT2D eigenvalue weighted by atomic mass is 32.2.